The fourth-order valence-corrected chi connectivity index (χ4v) is 2.42. The highest BCUT2D eigenvalue weighted by Crippen LogP contribution is 2.44. The second-order valence-electron chi connectivity index (χ2n) is 5.35. The lowest BCUT2D eigenvalue weighted by Gasteiger charge is -2.20. The first kappa shape index (κ1) is 17.1. The van der Waals surface area contributed by atoms with Crippen molar-refractivity contribution in [2.24, 2.45) is 0 Å². The van der Waals surface area contributed by atoms with Crippen LogP contribution >= 0.6 is 0 Å². The molecule has 0 fully saturated rings. The molecule has 0 amide bonds. The number of pyridine rings is 1. The lowest BCUT2D eigenvalue weighted by molar-refractivity contribution is -0.139. The molecule has 23 heavy (non-hydrogen) atoms. The molecule has 0 saturated carbocycles. The van der Waals surface area contributed by atoms with E-state index in [1.165, 1.54) is 25.4 Å². The minimum absolute atomic E-state index is 0.0954. The van der Waals surface area contributed by atoms with Gasteiger partial charge in [0.1, 0.15) is 11.4 Å². The van der Waals surface area contributed by atoms with Crippen molar-refractivity contribution < 1.29 is 22.3 Å². The summed E-state index contributed by atoms with van der Waals surface area (Å²) in [7, 11) is 1.34. The maximum atomic E-state index is 14.2. The van der Waals surface area contributed by atoms with Crippen LogP contribution in [0.1, 0.15) is 30.9 Å². The Kier molecular flexibility index (Phi) is 4.49. The van der Waals surface area contributed by atoms with Crippen molar-refractivity contribution in [3.63, 3.8) is 0 Å². The fourth-order valence-electron chi connectivity index (χ4n) is 2.42. The van der Waals surface area contributed by atoms with Gasteiger partial charge in [-0.2, -0.15) is 13.2 Å². The summed E-state index contributed by atoms with van der Waals surface area (Å²) in [4.78, 5) is 3.85. The van der Waals surface area contributed by atoms with E-state index in [0.717, 1.165) is 6.07 Å². The van der Waals surface area contributed by atoms with Crippen LogP contribution in [0.25, 0.3) is 11.1 Å². The molecule has 0 atom stereocenters. The molecule has 1 aromatic heterocycles. The molecule has 0 spiro atoms. The minimum atomic E-state index is -4.88. The van der Waals surface area contributed by atoms with E-state index in [1.807, 2.05) is 0 Å². The highest BCUT2D eigenvalue weighted by Gasteiger charge is 2.39. The number of methoxy groups -OCH3 is 1. The topological polar surface area (TPSA) is 48.1 Å². The van der Waals surface area contributed by atoms with E-state index < -0.39 is 17.6 Å². The smallest absolute Gasteiger partial charge is 0.419 e. The van der Waals surface area contributed by atoms with Crippen LogP contribution in [0, 0.1) is 5.82 Å². The quantitative estimate of drug-likeness (QED) is 0.660. The lowest BCUT2D eigenvalue weighted by atomic mass is 9.90. The standard InChI is InChI=1S/C16H16F4N2O/c1-8(2)10-7-11(17)14(16(18,19)20)13(15(10)21)9-4-5-22-12(6-9)23-3/h4-8H,21H2,1-3H3. The second kappa shape index (κ2) is 6.06. The maximum absolute atomic E-state index is 14.2. The molecule has 1 heterocycles. The molecule has 7 heteroatoms. The Morgan fingerprint density at radius 3 is 2.39 bits per heavy atom. The molecule has 0 saturated heterocycles. The predicted molar refractivity (Wildman–Crippen MR) is 79.7 cm³/mol. The summed E-state index contributed by atoms with van der Waals surface area (Å²) in [5.74, 6) is -1.46. The molecule has 0 radical (unpaired) electrons. The van der Waals surface area contributed by atoms with E-state index in [0.29, 0.717) is 5.56 Å². The first-order valence-electron chi connectivity index (χ1n) is 6.86. The monoisotopic (exact) mass is 328 g/mol. The normalized spacial score (nSPS) is 11.8. The van der Waals surface area contributed by atoms with Crippen molar-refractivity contribution in [1.82, 2.24) is 4.98 Å². The minimum Gasteiger partial charge on any atom is -0.481 e. The zero-order chi connectivity index (χ0) is 17.4. The van der Waals surface area contributed by atoms with Crippen LogP contribution in [-0.4, -0.2) is 12.1 Å². The number of hydrogen-bond donors (Lipinski definition) is 1. The molecule has 2 N–H and O–H groups in total. The number of anilines is 1. The van der Waals surface area contributed by atoms with Gasteiger partial charge in [-0.05, 0) is 29.2 Å². The summed E-state index contributed by atoms with van der Waals surface area (Å²) >= 11 is 0. The molecule has 0 aliphatic heterocycles. The first-order chi connectivity index (χ1) is 10.7. The van der Waals surface area contributed by atoms with E-state index in [4.69, 9.17) is 10.5 Å². The Morgan fingerprint density at radius 2 is 1.87 bits per heavy atom. The molecular weight excluding hydrogens is 312 g/mol. The molecule has 124 valence electrons. The number of benzene rings is 1. The molecule has 1 aromatic carbocycles. The number of alkyl halides is 3. The van der Waals surface area contributed by atoms with Crippen molar-refractivity contribution in [2.45, 2.75) is 25.9 Å². The van der Waals surface area contributed by atoms with Crippen LogP contribution in [0.2, 0.25) is 0 Å². The van der Waals surface area contributed by atoms with E-state index in [9.17, 15) is 17.6 Å². The SMILES string of the molecule is COc1cc(-c2c(N)c(C(C)C)cc(F)c2C(F)(F)F)ccn1. The van der Waals surface area contributed by atoms with Crippen LogP contribution in [0.15, 0.2) is 24.4 Å². The highest BCUT2D eigenvalue weighted by molar-refractivity contribution is 5.83. The summed E-state index contributed by atoms with van der Waals surface area (Å²) in [6.45, 7) is 3.46. The Labute approximate surface area is 131 Å². The highest BCUT2D eigenvalue weighted by atomic mass is 19.4. The third kappa shape index (κ3) is 3.23. The molecule has 3 nitrogen and oxygen atoms in total. The van der Waals surface area contributed by atoms with Crippen molar-refractivity contribution in [3.8, 4) is 17.0 Å². The Hall–Kier alpha value is -2.31. The van der Waals surface area contributed by atoms with Gasteiger partial charge >= 0.3 is 6.18 Å². The summed E-state index contributed by atoms with van der Waals surface area (Å²) in [5.41, 5.74) is 4.50. The van der Waals surface area contributed by atoms with Gasteiger partial charge in [-0.3, -0.25) is 0 Å². The van der Waals surface area contributed by atoms with Crippen LogP contribution in [-0.2, 0) is 6.18 Å². The van der Waals surface area contributed by atoms with Crippen molar-refractivity contribution in [3.05, 3.63) is 41.3 Å². The fraction of sp³-hybridized carbons (Fsp3) is 0.312. The van der Waals surface area contributed by atoms with E-state index in [2.05, 4.69) is 4.98 Å². The Balaban J connectivity index is 2.87. The third-order valence-electron chi connectivity index (χ3n) is 3.49. The average molecular weight is 328 g/mol. The number of nitrogens with zero attached hydrogens (tertiary/aromatic N) is 1. The number of halogens is 4. The predicted octanol–water partition coefficient (Wildman–Crippen LogP) is 4.62. The average Bonchev–Trinajstić information content (AvgIpc) is 2.47. The number of rotatable bonds is 3. The van der Waals surface area contributed by atoms with Crippen LogP contribution < -0.4 is 10.5 Å². The second-order valence-corrected chi connectivity index (χ2v) is 5.35. The van der Waals surface area contributed by atoms with Gasteiger partial charge in [-0.1, -0.05) is 13.8 Å². The summed E-state index contributed by atoms with van der Waals surface area (Å²) in [6, 6.07) is 3.49. The molecule has 0 aliphatic carbocycles. The number of nitrogens with two attached hydrogens (primary N) is 1. The molecule has 0 aliphatic rings. The molecule has 0 bridgehead atoms. The molecule has 2 aromatic rings. The summed E-state index contributed by atoms with van der Waals surface area (Å²) < 4.78 is 59.2. The number of aromatic nitrogens is 1. The van der Waals surface area contributed by atoms with Gasteiger partial charge in [-0.25, -0.2) is 9.37 Å². The van der Waals surface area contributed by atoms with Crippen molar-refractivity contribution >= 4 is 5.69 Å². The number of nitrogen functional groups attached to an aromatic ring is 1. The van der Waals surface area contributed by atoms with Crippen LogP contribution in [0.4, 0.5) is 23.2 Å². The van der Waals surface area contributed by atoms with Gasteiger partial charge in [-0.15, -0.1) is 0 Å². The van der Waals surface area contributed by atoms with Gasteiger partial charge in [0, 0.05) is 23.5 Å². The number of hydrogen-bond acceptors (Lipinski definition) is 3. The summed E-state index contributed by atoms with van der Waals surface area (Å²) in [5, 5.41) is 0. The lowest BCUT2D eigenvalue weighted by Crippen LogP contribution is -2.14. The maximum Gasteiger partial charge on any atom is 0.419 e. The third-order valence-corrected chi connectivity index (χ3v) is 3.49. The summed E-state index contributed by atoms with van der Waals surface area (Å²) in [6.07, 6.45) is -3.59. The first-order valence-corrected chi connectivity index (χ1v) is 6.86. The van der Waals surface area contributed by atoms with Gasteiger partial charge in [0.2, 0.25) is 5.88 Å². The van der Waals surface area contributed by atoms with E-state index in [-0.39, 0.29) is 28.6 Å². The Morgan fingerprint density at radius 1 is 1.22 bits per heavy atom. The molecule has 2 rings (SSSR count). The van der Waals surface area contributed by atoms with Gasteiger partial charge < -0.3 is 10.5 Å². The molecule has 0 unspecified atom stereocenters. The largest absolute Gasteiger partial charge is 0.481 e. The van der Waals surface area contributed by atoms with Gasteiger partial charge in [0.25, 0.3) is 0 Å². The zero-order valence-corrected chi connectivity index (χ0v) is 12.8. The van der Waals surface area contributed by atoms with Gasteiger partial charge in [0.15, 0.2) is 0 Å². The van der Waals surface area contributed by atoms with Crippen molar-refractivity contribution in [2.75, 3.05) is 12.8 Å². The van der Waals surface area contributed by atoms with E-state index in [1.54, 1.807) is 13.8 Å². The Bertz CT molecular complexity index is 727. The van der Waals surface area contributed by atoms with E-state index >= 15 is 0 Å². The van der Waals surface area contributed by atoms with Crippen LogP contribution in [0.5, 0.6) is 5.88 Å². The van der Waals surface area contributed by atoms with Gasteiger partial charge in [0.05, 0.1) is 7.11 Å². The zero-order valence-electron chi connectivity index (χ0n) is 12.8. The van der Waals surface area contributed by atoms with Crippen LogP contribution in [0.3, 0.4) is 0 Å². The van der Waals surface area contributed by atoms with Crippen molar-refractivity contribution in [1.29, 1.82) is 0 Å². The number of ether oxygens (including phenoxy) is 1. The molecular formula is C16H16F4N2O.